The molecule has 0 aliphatic carbocycles. The molecule has 4 rings (SSSR count). The number of rotatable bonds is 15. The number of nitrogens with zero attached hydrogens (tertiary/aromatic N) is 1. The number of hydrogen-bond donors (Lipinski definition) is 3. The molecule has 2 heterocycles. The van der Waals surface area contributed by atoms with E-state index in [2.05, 4.69) is 17.6 Å². The van der Waals surface area contributed by atoms with Crippen LogP contribution in [0, 0.1) is 11.8 Å². The molecule has 44 heavy (non-hydrogen) atoms. The maximum Gasteiger partial charge on any atom is 0.407 e. The summed E-state index contributed by atoms with van der Waals surface area (Å²) < 4.78 is 51.5. The zero-order chi connectivity index (χ0) is 31.7. The number of aliphatic hydroxyl groups excluding tert-OH is 1. The van der Waals surface area contributed by atoms with Gasteiger partial charge in [-0.2, -0.15) is 4.31 Å². The van der Waals surface area contributed by atoms with Crippen molar-refractivity contribution in [3.8, 4) is 5.75 Å². The minimum absolute atomic E-state index is 0.00323. The average Bonchev–Trinajstić information content (AvgIpc) is 3.43. The monoisotopic (exact) mass is 633 g/mol. The van der Waals surface area contributed by atoms with Crippen molar-refractivity contribution in [1.82, 2.24) is 14.9 Å². The summed E-state index contributed by atoms with van der Waals surface area (Å²) in [5.74, 6) is 0.373. The predicted octanol–water partition coefficient (Wildman–Crippen LogP) is 3.17. The molecule has 3 N–H and O–H groups in total. The minimum atomic E-state index is -3.96. The third kappa shape index (κ3) is 8.92. The Kier molecular flexibility index (Phi) is 12.4. The number of benzene rings is 2. The Balaban J connectivity index is 1.51. The molecule has 2 fully saturated rings. The number of hydrogen-bond acceptors (Lipinski definition) is 9. The van der Waals surface area contributed by atoms with Crippen LogP contribution in [0.1, 0.15) is 39.2 Å². The van der Waals surface area contributed by atoms with E-state index >= 15 is 0 Å². The fourth-order valence-electron chi connectivity index (χ4n) is 5.74. The number of methoxy groups -OCH3 is 1. The van der Waals surface area contributed by atoms with Crippen molar-refractivity contribution >= 4 is 16.1 Å². The van der Waals surface area contributed by atoms with Gasteiger partial charge >= 0.3 is 6.09 Å². The standard InChI is InChI=1S/C32H47N3O8S/c1-5-16-33-27-21-42-31-30(27)29(15-17-41-31)43-32(37)34-26(18-23-9-7-6-8-10-23)28(36)20-35(19-22(2)3)44(38,39)25-13-11-24(40-4)12-14-25/h6-14,22,26-31,33,36H,5,15-21H2,1-4H3,(H,34,37)/t26-,27-,28+,29-,30-,31-/m0/s1. The first-order valence-corrected chi connectivity index (χ1v) is 16.9. The summed E-state index contributed by atoms with van der Waals surface area (Å²) in [6.07, 6.45) is -1.03. The Morgan fingerprint density at radius 1 is 1.09 bits per heavy atom. The van der Waals surface area contributed by atoms with E-state index in [1.54, 1.807) is 12.1 Å². The van der Waals surface area contributed by atoms with Crippen molar-refractivity contribution in [3.63, 3.8) is 0 Å². The Labute approximate surface area is 261 Å². The second-order valence-corrected chi connectivity index (χ2v) is 13.8. The second kappa shape index (κ2) is 16.0. The minimum Gasteiger partial charge on any atom is -0.497 e. The van der Waals surface area contributed by atoms with Crippen molar-refractivity contribution in [2.45, 2.75) is 75.5 Å². The second-order valence-electron chi connectivity index (χ2n) is 11.8. The van der Waals surface area contributed by atoms with Crippen LogP contribution >= 0.6 is 0 Å². The van der Waals surface area contributed by atoms with Gasteiger partial charge in [0.25, 0.3) is 0 Å². The highest BCUT2D eigenvalue weighted by Crippen LogP contribution is 2.33. The van der Waals surface area contributed by atoms with E-state index < -0.39 is 40.7 Å². The van der Waals surface area contributed by atoms with E-state index in [1.165, 1.54) is 23.5 Å². The number of carbonyl (C=O) groups is 1. The molecule has 0 saturated carbocycles. The number of carbonyl (C=O) groups excluding carboxylic acids is 1. The fraction of sp³-hybridized carbons (Fsp3) is 0.594. The summed E-state index contributed by atoms with van der Waals surface area (Å²) in [6, 6.07) is 14.8. The fourth-order valence-corrected chi connectivity index (χ4v) is 7.37. The van der Waals surface area contributed by atoms with Gasteiger partial charge in [0.1, 0.15) is 11.9 Å². The summed E-state index contributed by atoms with van der Waals surface area (Å²) in [5, 5.41) is 17.9. The lowest BCUT2D eigenvalue weighted by molar-refractivity contribution is -0.180. The topological polar surface area (TPSA) is 136 Å². The highest BCUT2D eigenvalue weighted by atomic mass is 32.2. The van der Waals surface area contributed by atoms with Crippen LogP contribution in [-0.4, -0.2) is 94.5 Å². The molecule has 1 amide bonds. The van der Waals surface area contributed by atoms with Crippen molar-refractivity contribution < 1.29 is 37.3 Å². The molecule has 244 valence electrons. The summed E-state index contributed by atoms with van der Waals surface area (Å²) in [7, 11) is -2.45. The maximum absolute atomic E-state index is 13.7. The van der Waals surface area contributed by atoms with Gasteiger partial charge in [0, 0.05) is 25.6 Å². The zero-order valence-corrected chi connectivity index (χ0v) is 26.9. The number of fused-ring (bicyclic) bond motifs is 1. The first kappa shape index (κ1) is 34.1. The van der Waals surface area contributed by atoms with Crippen LogP contribution in [0.5, 0.6) is 5.75 Å². The highest BCUT2D eigenvalue weighted by Gasteiger charge is 2.47. The van der Waals surface area contributed by atoms with E-state index in [0.717, 1.165) is 18.5 Å². The average molecular weight is 634 g/mol. The van der Waals surface area contributed by atoms with Gasteiger partial charge in [-0.25, -0.2) is 13.2 Å². The quantitative estimate of drug-likeness (QED) is 0.270. The molecule has 2 aliphatic rings. The van der Waals surface area contributed by atoms with Gasteiger partial charge in [0.15, 0.2) is 6.29 Å². The summed E-state index contributed by atoms with van der Waals surface area (Å²) >= 11 is 0. The number of amides is 1. The van der Waals surface area contributed by atoms with E-state index in [4.69, 9.17) is 18.9 Å². The molecule has 12 heteroatoms. The third-order valence-corrected chi connectivity index (χ3v) is 9.82. The number of nitrogens with one attached hydrogen (secondary N) is 2. The first-order valence-electron chi connectivity index (χ1n) is 15.4. The van der Waals surface area contributed by atoms with Crippen molar-refractivity contribution in [2.24, 2.45) is 11.8 Å². The van der Waals surface area contributed by atoms with E-state index in [0.29, 0.717) is 25.4 Å². The zero-order valence-electron chi connectivity index (χ0n) is 26.1. The van der Waals surface area contributed by atoms with Crippen molar-refractivity contribution in [3.05, 3.63) is 60.2 Å². The number of ether oxygens (including phenoxy) is 4. The summed E-state index contributed by atoms with van der Waals surface area (Å²) in [4.78, 5) is 13.5. The first-order chi connectivity index (χ1) is 21.1. The van der Waals surface area contributed by atoms with E-state index in [9.17, 15) is 18.3 Å². The van der Waals surface area contributed by atoms with Crippen LogP contribution in [0.2, 0.25) is 0 Å². The van der Waals surface area contributed by atoms with Crippen molar-refractivity contribution in [2.75, 3.05) is 40.0 Å². The molecule has 2 saturated heterocycles. The molecule has 0 bridgehead atoms. The molecule has 0 spiro atoms. The lowest BCUT2D eigenvalue weighted by atomic mass is 9.91. The normalized spacial score (nSPS) is 23.2. The predicted molar refractivity (Wildman–Crippen MR) is 166 cm³/mol. The van der Waals surface area contributed by atoms with Crippen LogP contribution in [-0.2, 0) is 30.7 Å². The van der Waals surface area contributed by atoms with Gasteiger partial charge in [0.05, 0.1) is 43.3 Å². The lowest BCUT2D eigenvalue weighted by Crippen LogP contribution is -2.53. The van der Waals surface area contributed by atoms with Gasteiger partial charge in [0.2, 0.25) is 10.0 Å². The molecular weight excluding hydrogens is 586 g/mol. The Morgan fingerprint density at radius 3 is 2.48 bits per heavy atom. The third-order valence-electron chi connectivity index (χ3n) is 7.97. The van der Waals surface area contributed by atoms with Crippen LogP contribution < -0.4 is 15.4 Å². The van der Waals surface area contributed by atoms with Gasteiger partial charge in [-0.3, -0.25) is 0 Å². The van der Waals surface area contributed by atoms with Crippen LogP contribution in [0.4, 0.5) is 4.79 Å². The van der Waals surface area contributed by atoms with Gasteiger partial charge < -0.3 is 34.7 Å². The maximum atomic E-state index is 13.7. The van der Waals surface area contributed by atoms with E-state index in [-0.39, 0.29) is 42.3 Å². The summed E-state index contributed by atoms with van der Waals surface area (Å²) in [6.45, 7) is 7.57. The highest BCUT2D eigenvalue weighted by molar-refractivity contribution is 7.89. The molecular formula is C32H47N3O8S. The molecule has 0 radical (unpaired) electrons. The number of alkyl carbamates (subject to hydrolysis) is 1. The Morgan fingerprint density at radius 2 is 1.82 bits per heavy atom. The SMILES string of the molecule is CCCN[C@H]1CO[C@@H]2OCC[C@H](OC(=O)N[C@@H](Cc3ccccc3)[C@H](O)CN(CC(C)C)S(=O)(=O)c3ccc(OC)cc3)[C@@H]21. The lowest BCUT2D eigenvalue weighted by Gasteiger charge is -2.35. The largest absolute Gasteiger partial charge is 0.497 e. The van der Waals surface area contributed by atoms with Gasteiger partial charge in [-0.15, -0.1) is 0 Å². The molecule has 2 aromatic carbocycles. The molecule has 11 nitrogen and oxygen atoms in total. The van der Waals surface area contributed by atoms with Gasteiger partial charge in [-0.05, 0) is 55.1 Å². The molecule has 2 aliphatic heterocycles. The van der Waals surface area contributed by atoms with Crippen molar-refractivity contribution in [1.29, 1.82) is 0 Å². The smallest absolute Gasteiger partial charge is 0.407 e. The molecule has 6 atom stereocenters. The van der Waals surface area contributed by atoms with Crippen LogP contribution in [0.3, 0.4) is 0 Å². The summed E-state index contributed by atoms with van der Waals surface area (Å²) in [5.41, 5.74) is 0.879. The van der Waals surface area contributed by atoms with E-state index in [1.807, 2.05) is 44.2 Å². The molecule has 0 aromatic heterocycles. The Hall–Kier alpha value is -2.74. The van der Waals surface area contributed by atoms with Crippen LogP contribution in [0.25, 0.3) is 0 Å². The number of aliphatic hydroxyl groups is 1. The molecule has 2 aromatic rings. The van der Waals surface area contributed by atoms with Crippen LogP contribution in [0.15, 0.2) is 59.5 Å². The molecule has 0 unspecified atom stereocenters. The number of sulfonamides is 1. The van der Waals surface area contributed by atoms with Gasteiger partial charge in [-0.1, -0.05) is 51.1 Å². The Bertz CT molecular complexity index is 1280.